The van der Waals surface area contributed by atoms with Crippen LogP contribution in [0, 0.1) is 11.6 Å². The van der Waals surface area contributed by atoms with E-state index in [1.807, 2.05) is 13.8 Å². The lowest BCUT2D eigenvalue weighted by atomic mass is 9.87. The summed E-state index contributed by atoms with van der Waals surface area (Å²) in [6, 6.07) is 2.84. The monoisotopic (exact) mass is 256 g/mol. The first-order chi connectivity index (χ1) is 8.49. The van der Waals surface area contributed by atoms with Crippen LogP contribution in [0.5, 0.6) is 0 Å². The van der Waals surface area contributed by atoms with E-state index in [0.29, 0.717) is 19.4 Å². The molecule has 0 aromatic heterocycles. The van der Waals surface area contributed by atoms with Crippen LogP contribution >= 0.6 is 0 Å². The number of rotatable bonds is 6. The van der Waals surface area contributed by atoms with Crippen LogP contribution in [0.15, 0.2) is 18.2 Å². The summed E-state index contributed by atoms with van der Waals surface area (Å²) < 4.78 is 31.8. The molecule has 2 nitrogen and oxygen atoms in total. The van der Waals surface area contributed by atoms with Gasteiger partial charge in [0, 0.05) is 18.2 Å². The number of ether oxygens (including phenoxy) is 1. The Kier molecular flexibility index (Phi) is 4.96. The predicted octanol–water partition coefficient (Wildman–Crippen LogP) is 3.74. The van der Waals surface area contributed by atoms with Crippen molar-refractivity contribution in [3.05, 3.63) is 35.4 Å². The average Bonchev–Trinajstić information content (AvgIpc) is 2.34. The van der Waals surface area contributed by atoms with Crippen molar-refractivity contribution in [2.75, 3.05) is 6.61 Å². The third kappa shape index (κ3) is 2.93. The largest absolute Gasteiger partial charge is 0.367 e. The summed E-state index contributed by atoms with van der Waals surface area (Å²) in [5.74, 6) is -1.88. The van der Waals surface area contributed by atoms with Crippen molar-refractivity contribution in [1.29, 1.82) is 0 Å². The summed E-state index contributed by atoms with van der Waals surface area (Å²) in [7, 11) is 0. The van der Waals surface area contributed by atoms with Crippen molar-refractivity contribution < 1.29 is 18.3 Å². The standard InChI is InChI=1S/C14H18F2O2/c1-4-14(5-2,18-6-3)13(17)10-7-11(15)9-12(16)8-10/h7-9H,4-6H2,1-3H3. The lowest BCUT2D eigenvalue weighted by Crippen LogP contribution is -2.40. The molecule has 0 aliphatic heterocycles. The lowest BCUT2D eigenvalue weighted by Gasteiger charge is -2.30. The molecule has 0 aliphatic carbocycles. The van der Waals surface area contributed by atoms with Gasteiger partial charge in [0.15, 0.2) is 5.78 Å². The smallest absolute Gasteiger partial charge is 0.194 e. The van der Waals surface area contributed by atoms with E-state index in [2.05, 4.69) is 0 Å². The van der Waals surface area contributed by atoms with Crippen molar-refractivity contribution in [2.45, 2.75) is 39.2 Å². The van der Waals surface area contributed by atoms with Gasteiger partial charge in [-0.05, 0) is 31.9 Å². The van der Waals surface area contributed by atoms with Crippen molar-refractivity contribution in [2.24, 2.45) is 0 Å². The second-order valence-corrected chi connectivity index (χ2v) is 4.12. The fraction of sp³-hybridized carbons (Fsp3) is 0.500. The van der Waals surface area contributed by atoms with Crippen molar-refractivity contribution in [1.82, 2.24) is 0 Å². The number of ketones is 1. The summed E-state index contributed by atoms with van der Waals surface area (Å²) in [6.07, 6.45) is 0.933. The van der Waals surface area contributed by atoms with Gasteiger partial charge in [-0.15, -0.1) is 0 Å². The van der Waals surface area contributed by atoms with Gasteiger partial charge in [0.1, 0.15) is 17.2 Å². The summed E-state index contributed by atoms with van der Waals surface area (Å²) in [5.41, 5.74) is -0.973. The molecule has 0 aliphatic rings. The zero-order valence-corrected chi connectivity index (χ0v) is 10.9. The van der Waals surface area contributed by atoms with Crippen LogP contribution in [-0.4, -0.2) is 18.0 Å². The molecule has 0 radical (unpaired) electrons. The van der Waals surface area contributed by atoms with Crippen molar-refractivity contribution >= 4 is 5.78 Å². The quantitative estimate of drug-likeness (QED) is 0.725. The Hall–Kier alpha value is -1.29. The molecule has 100 valence electrons. The topological polar surface area (TPSA) is 26.3 Å². The van der Waals surface area contributed by atoms with E-state index in [0.717, 1.165) is 18.2 Å². The molecule has 0 spiro atoms. The van der Waals surface area contributed by atoms with E-state index >= 15 is 0 Å². The van der Waals surface area contributed by atoms with Crippen LogP contribution in [0.25, 0.3) is 0 Å². The molecule has 0 saturated carbocycles. The Morgan fingerprint density at radius 3 is 2.00 bits per heavy atom. The first-order valence-corrected chi connectivity index (χ1v) is 6.14. The molecule has 0 fully saturated rings. The maximum Gasteiger partial charge on any atom is 0.194 e. The fourth-order valence-corrected chi connectivity index (χ4v) is 2.07. The van der Waals surface area contributed by atoms with Gasteiger partial charge >= 0.3 is 0 Å². The molecule has 1 aromatic carbocycles. The Bertz CT molecular complexity index is 406. The van der Waals surface area contributed by atoms with Gasteiger partial charge in [-0.3, -0.25) is 4.79 Å². The van der Waals surface area contributed by atoms with E-state index < -0.39 is 17.2 Å². The molecular formula is C14H18F2O2. The first kappa shape index (κ1) is 14.8. The van der Waals surface area contributed by atoms with Gasteiger partial charge in [0.05, 0.1) is 0 Å². The summed E-state index contributed by atoms with van der Waals surface area (Å²) in [6.45, 7) is 5.82. The first-order valence-electron chi connectivity index (χ1n) is 6.14. The highest BCUT2D eigenvalue weighted by atomic mass is 19.1. The zero-order valence-electron chi connectivity index (χ0n) is 10.9. The normalized spacial score (nSPS) is 11.6. The lowest BCUT2D eigenvalue weighted by molar-refractivity contribution is -0.0250. The minimum atomic E-state index is -0.991. The SMILES string of the molecule is CCOC(CC)(CC)C(=O)c1cc(F)cc(F)c1. The molecule has 0 unspecified atom stereocenters. The van der Waals surface area contributed by atoms with Gasteiger partial charge < -0.3 is 4.74 Å². The Morgan fingerprint density at radius 1 is 1.11 bits per heavy atom. The molecule has 0 amide bonds. The second-order valence-electron chi connectivity index (χ2n) is 4.12. The van der Waals surface area contributed by atoms with E-state index in [1.165, 1.54) is 0 Å². The van der Waals surface area contributed by atoms with Crippen LogP contribution in [0.3, 0.4) is 0 Å². The molecule has 18 heavy (non-hydrogen) atoms. The maximum atomic E-state index is 13.1. The summed E-state index contributed by atoms with van der Waals surface area (Å²) in [4.78, 5) is 12.4. The number of halogens is 2. The Labute approximate surface area is 106 Å². The number of benzene rings is 1. The van der Waals surface area contributed by atoms with Gasteiger partial charge in [-0.25, -0.2) is 8.78 Å². The zero-order chi connectivity index (χ0) is 13.8. The molecular weight excluding hydrogens is 238 g/mol. The highest BCUT2D eigenvalue weighted by Crippen LogP contribution is 2.26. The van der Waals surface area contributed by atoms with Crippen molar-refractivity contribution in [3.8, 4) is 0 Å². The number of carbonyl (C=O) groups excluding carboxylic acids is 1. The highest BCUT2D eigenvalue weighted by Gasteiger charge is 2.36. The van der Waals surface area contributed by atoms with Gasteiger partial charge in [-0.2, -0.15) is 0 Å². The minimum Gasteiger partial charge on any atom is -0.367 e. The van der Waals surface area contributed by atoms with Gasteiger partial charge in [0.25, 0.3) is 0 Å². The number of hydrogen-bond donors (Lipinski definition) is 0. The Balaban J connectivity index is 3.16. The summed E-state index contributed by atoms with van der Waals surface area (Å²) in [5, 5.41) is 0. The van der Waals surface area contributed by atoms with E-state index in [4.69, 9.17) is 4.74 Å². The third-order valence-corrected chi connectivity index (χ3v) is 3.10. The molecule has 0 saturated heterocycles. The van der Waals surface area contributed by atoms with Gasteiger partial charge in [-0.1, -0.05) is 13.8 Å². The number of hydrogen-bond acceptors (Lipinski definition) is 2. The fourth-order valence-electron chi connectivity index (χ4n) is 2.07. The molecule has 4 heteroatoms. The molecule has 0 N–H and O–H groups in total. The van der Waals surface area contributed by atoms with Crippen LogP contribution in [0.2, 0.25) is 0 Å². The number of Topliss-reactive ketones (excluding diaryl/α,β-unsaturated/α-hetero) is 1. The van der Waals surface area contributed by atoms with Crippen LogP contribution in [0.1, 0.15) is 44.0 Å². The minimum absolute atomic E-state index is 0.0182. The number of carbonyl (C=O) groups is 1. The van der Waals surface area contributed by atoms with Gasteiger partial charge in [0.2, 0.25) is 0 Å². The predicted molar refractivity (Wildman–Crippen MR) is 65.6 cm³/mol. The highest BCUT2D eigenvalue weighted by molar-refractivity contribution is 6.02. The van der Waals surface area contributed by atoms with Crippen LogP contribution in [0.4, 0.5) is 8.78 Å². The molecule has 0 atom stereocenters. The maximum absolute atomic E-state index is 13.1. The van der Waals surface area contributed by atoms with E-state index in [9.17, 15) is 13.6 Å². The second kappa shape index (κ2) is 6.05. The van der Waals surface area contributed by atoms with E-state index in [1.54, 1.807) is 6.92 Å². The third-order valence-electron chi connectivity index (χ3n) is 3.10. The molecule has 0 bridgehead atoms. The van der Waals surface area contributed by atoms with E-state index in [-0.39, 0.29) is 11.3 Å². The molecule has 1 aromatic rings. The van der Waals surface area contributed by atoms with Crippen LogP contribution in [-0.2, 0) is 4.74 Å². The molecule has 1 rings (SSSR count). The van der Waals surface area contributed by atoms with Crippen LogP contribution < -0.4 is 0 Å². The Morgan fingerprint density at radius 2 is 1.61 bits per heavy atom. The van der Waals surface area contributed by atoms with Crippen molar-refractivity contribution in [3.63, 3.8) is 0 Å². The summed E-state index contributed by atoms with van der Waals surface area (Å²) >= 11 is 0. The average molecular weight is 256 g/mol. The molecule has 0 heterocycles.